The van der Waals surface area contributed by atoms with Crippen molar-refractivity contribution < 1.29 is 0 Å². The molecule has 2 aromatic rings. The van der Waals surface area contributed by atoms with E-state index in [0.29, 0.717) is 10.6 Å². The van der Waals surface area contributed by atoms with Crippen molar-refractivity contribution in [2.24, 2.45) is 0 Å². The Morgan fingerprint density at radius 3 is 1.75 bits per heavy atom. The van der Waals surface area contributed by atoms with Crippen LogP contribution in [0.25, 0.3) is 11.1 Å². The molecule has 1 heterocycles. The van der Waals surface area contributed by atoms with Crippen molar-refractivity contribution in [3.63, 3.8) is 0 Å². The molecule has 0 bridgehead atoms. The van der Waals surface area contributed by atoms with E-state index in [9.17, 15) is 0 Å². The van der Waals surface area contributed by atoms with E-state index in [-0.39, 0.29) is 15.6 Å². The van der Waals surface area contributed by atoms with Crippen molar-refractivity contribution in [2.45, 2.75) is 0 Å². The maximum atomic E-state index is 5.96. The Morgan fingerprint density at radius 2 is 1.25 bits per heavy atom. The molecule has 0 spiro atoms. The molecule has 0 N–H and O–H groups in total. The topological polar surface area (TPSA) is 25.8 Å². The van der Waals surface area contributed by atoms with Gasteiger partial charge in [-0.1, -0.05) is 46.9 Å². The average Bonchev–Trinajstić information content (AvgIpc) is 2.19. The van der Waals surface area contributed by atoms with Crippen LogP contribution >= 0.6 is 46.4 Å². The smallest absolute Gasteiger partial charge is 0.205 e. The third kappa shape index (κ3) is 2.41. The molecule has 2 nitrogen and oxygen atoms in total. The predicted molar refractivity (Wildman–Crippen MR) is 67.5 cm³/mol. The number of hydrogen-bond donors (Lipinski definition) is 0. The highest BCUT2D eigenvalue weighted by Crippen LogP contribution is 2.33. The minimum absolute atomic E-state index is 0.0210. The van der Waals surface area contributed by atoms with Gasteiger partial charge in [0.1, 0.15) is 10.3 Å². The molecule has 0 atom stereocenters. The quantitative estimate of drug-likeness (QED) is 0.560. The van der Waals surface area contributed by atoms with Gasteiger partial charge in [0.15, 0.2) is 0 Å². The van der Waals surface area contributed by atoms with Crippen LogP contribution < -0.4 is 0 Å². The van der Waals surface area contributed by atoms with Gasteiger partial charge in [-0.15, -0.1) is 0 Å². The fraction of sp³-hybridized carbons (Fsp3) is 0. The van der Waals surface area contributed by atoms with Crippen LogP contribution in [0, 0.1) is 0 Å². The van der Waals surface area contributed by atoms with Crippen molar-refractivity contribution in [2.75, 3.05) is 0 Å². The van der Waals surface area contributed by atoms with Gasteiger partial charge in [-0.25, -0.2) is 9.97 Å². The fourth-order valence-electron chi connectivity index (χ4n) is 1.24. The zero-order valence-electron chi connectivity index (χ0n) is 7.72. The lowest BCUT2D eigenvalue weighted by Gasteiger charge is -2.06. The van der Waals surface area contributed by atoms with Crippen LogP contribution in [0.1, 0.15) is 0 Å². The van der Waals surface area contributed by atoms with Crippen LogP contribution in [-0.4, -0.2) is 9.97 Å². The van der Waals surface area contributed by atoms with Crippen molar-refractivity contribution in [3.05, 3.63) is 44.9 Å². The molecule has 2 rings (SSSR count). The predicted octanol–water partition coefficient (Wildman–Crippen LogP) is 4.76. The van der Waals surface area contributed by atoms with Crippen LogP contribution in [0.5, 0.6) is 0 Å². The Bertz CT molecular complexity index is 502. The van der Waals surface area contributed by atoms with Crippen LogP contribution in [0.4, 0.5) is 0 Å². The Morgan fingerprint density at radius 1 is 0.750 bits per heavy atom. The molecule has 82 valence electrons. The Kier molecular flexibility index (Phi) is 3.55. The minimum atomic E-state index is 0.0210. The molecule has 0 aliphatic carbocycles. The monoisotopic (exact) mass is 292 g/mol. The summed E-state index contributed by atoms with van der Waals surface area (Å²) in [6.45, 7) is 0. The van der Waals surface area contributed by atoms with E-state index in [1.54, 1.807) is 24.3 Å². The highest BCUT2D eigenvalue weighted by molar-refractivity contribution is 6.39. The Balaban J connectivity index is 2.60. The first-order valence-corrected chi connectivity index (χ1v) is 5.73. The van der Waals surface area contributed by atoms with Gasteiger partial charge in [-0.05, 0) is 29.3 Å². The van der Waals surface area contributed by atoms with E-state index in [0.717, 1.165) is 5.56 Å². The van der Waals surface area contributed by atoms with E-state index >= 15 is 0 Å². The highest BCUT2D eigenvalue weighted by Gasteiger charge is 2.12. The summed E-state index contributed by atoms with van der Waals surface area (Å²) in [7, 11) is 0. The van der Waals surface area contributed by atoms with Gasteiger partial charge in [-0.2, -0.15) is 0 Å². The second-order valence-electron chi connectivity index (χ2n) is 2.96. The fourth-order valence-corrected chi connectivity index (χ4v) is 2.23. The van der Waals surface area contributed by atoms with Gasteiger partial charge in [0.25, 0.3) is 0 Å². The minimum Gasteiger partial charge on any atom is -0.205 e. The summed E-state index contributed by atoms with van der Waals surface area (Å²) >= 11 is 23.3. The van der Waals surface area contributed by atoms with Gasteiger partial charge in [0, 0.05) is 5.02 Å². The third-order valence-corrected chi connectivity index (χ3v) is 2.89. The van der Waals surface area contributed by atoms with E-state index < -0.39 is 0 Å². The SMILES string of the molecule is Clc1ccc(-c2c(Cl)nc(Cl)nc2Cl)cc1. The number of aromatic nitrogens is 2. The van der Waals surface area contributed by atoms with Crippen LogP contribution in [0.15, 0.2) is 24.3 Å². The second-order valence-corrected chi connectivity index (χ2v) is 4.45. The van der Waals surface area contributed by atoms with Crippen LogP contribution in [0.3, 0.4) is 0 Å². The Hall–Kier alpha value is -0.540. The third-order valence-electron chi connectivity index (χ3n) is 1.93. The maximum Gasteiger partial charge on any atom is 0.225 e. The Labute approximate surface area is 112 Å². The molecule has 0 aliphatic rings. The lowest BCUT2D eigenvalue weighted by molar-refractivity contribution is 1.17. The van der Waals surface area contributed by atoms with E-state index in [1.165, 1.54) is 0 Å². The lowest BCUT2D eigenvalue weighted by Crippen LogP contribution is -1.90. The molecular formula is C10H4Cl4N2. The molecule has 1 aromatic heterocycles. The highest BCUT2D eigenvalue weighted by atomic mass is 35.5. The molecule has 6 heteroatoms. The lowest BCUT2D eigenvalue weighted by atomic mass is 10.1. The standard InChI is InChI=1S/C10H4Cl4N2/c11-6-3-1-5(2-4-6)7-8(12)15-10(14)16-9(7)13/h1-4H. The summed E-state index contributed by atoms with van der Waals surface area (Å²) in [5, 5.41) is 1.08. The van der Waals surface area contributed by atoms with Gasteiger partial charge in [0.2, 0.25) is 5.28 Å². The zero-order valence-corrected chi connectivity index (χ0v) is 10.7. The van der Waals surface area contributed by atoms with E-state index in [4.69, 9.17) is 46.4 Å². The first-order chi connectivity index (χ1) is 7.58. The number of rotatable bonds is 1. The van der Waals surface area contributed by atoms with Crippen molar-refractivity contribution in [1.82, 2.24) is 9.97 Å². The zero-order chi connectivity index (χ0) is 11.7. The summed E-state index contributed by atoms with van der Waals surface area (Å²) in [4.78, 5) is 7.67. The number of halogens is 4. The van der Waals surface area contributed by atoms with Crippen LogP contribution in [0.2, 0.25) is 20.6 Å². The van der Waals surface area contributed by atoms with E-state index in [1.807, 2.05) is 0 Å². The molecule has 0 amide bonds. The number of hydrogen-bond acceptors (Lipinski definition) is 2. The summed E-state index contributed by atoms with van der Waals surface area (Å²) in [6, 6.07) is 7.04. The molecule has 0 unspecified atom stereocenters. The summed E-state index contributed by atoms with van der Waals surface area (Å²) in [5.41, 5.74) is 1.33. The number of nitrogens with zero attached hydrogens (tertiary/aromatic N) is 2. The molecule has 0 radical (unpaired) electrons. The average molecular weight is 294 g/mol. The summed E-state index contributed by atoms with van der Waals surface area (Å²) in [5.74, 6) is 0. The molecule has 0 fully saturated rings. The van der Waals surface area contributed by atoms with Gasteiger partial charge in [0.05, 0.1) is 5.56 Å². The summed E-state index contributed by atoms with van der Waals surface area (Å²) in [6.07, 6.45) is 0. The molecule has 16 heavy (non-hydrogen) atoms. The molecule has 0 saturated carbocycles. The van der Waals surface area contributed by atoms with Crippen molar-refractivity contribution >= 4 is 46.4 Å². The maximum absolute atomic E-state index is 5.96. The van der Waals surface area contributed by atoms with Gasteiger partial charge >= 0.3 is 0 Å². The van der Waals surface area contributed by atoms with Gasteiger partial charge in [-0.3, -0.25) is 0 Å². The first kappa shape index (κ1) is 11.9. The van der Waals surface area contributed by atoms with Crippen LogP contribution in [-0.2, 0) is 0 Å². The largest absolute Gasteiger partial charge is 0.225 e. The second kappa shape index (κ2) is 4.76. The van der Waals surface area contributed by atoms with Crippen molar-refractivity contribution in [1.29, 1.82) is 0 Å². The molecule has 0 aliphatic heterocycles. The number of benzene rings is 1. The molecule has 0 saturated heterocycles. The molecular weight excluding hydrogens is 290 g/mol. The first-order valence-electron chi connectivity index (χ1n) is 4.22. The summed E-state index contributed by atoms with van der Waals surface area (Å²) < 4.78 is 0. The van der Waals surface area contributed by atoms with E-state index in [2.05, 4.69) is 9.97 Å². The molecule has 1 aromatic carbocycles. The van der Waals surface area contributed by atoms with Gasteiger partial charge < -0.3 is 0 Å². The normalized spacial score (nSPS) is 10.5. The van der Waals surface area contributed by atoms with Crippen molar-refractivity contribution in [3.8, 4) is 11.1 Å².